The number of amides is 12. The standard InChI is InChI=1S/C63H117N17O18/c1-7-14-48(82)52(78-56(88)44(18-27-67)76-62(94)63(22-12-10-9-11-13-23-63)79-49(83)21-30-96-33-34-98-36-35-97-32-31-95-8-2)60(92)75-45(19-28-68)61(93)80(6)47-20-29-69-59(91)51(40(5)81)77-55(87)43(17-26-66)72-54(86)42(16-25-65)73-57(89)46(37-39(3)4)71-50(84)38-70-53(85)41(15-24-64)74-58(47)90/h39-48,51-52,81-82H,7-38,64-68H2,1-6H3,(H,69,91)(H,70,85)(H,71,84)(H,72,86)(H,73,89)(H,74,90)(H,75,92)(H,76,94)(H,77,87)(H,78,88)(H,79,83)/t40-,41+,42+,43+,44+,45+,46+,47+,48-,51+,52+/m1/s1. The van der Waals surface area contributed by atoms with E-state index < -0.39 is 163 Å². The first kappa shape index (κ1) is 87.3. The molecule has 1 saturated heterocycles. The Morgan fingerprint density at radius 1 is 0.571 bits per heavy atom. The van der Waals surface area contributed by atoms with Crippen LogP contribution in [0.4, 0.5) is 0 Å². The summed E-state index contributed by atoms with van der Waals surface area (Å²) >= 11 is 0. The first-order valence-corrected chi connectivity index (χ1v) is 34.5. The van der Waals surface area contributed by atoms with Crippen molar-refractivity contribution in [2.45, 2.75) is 216 Å². The number of likely N-dealkylation sites (N-methyl/N-ethyl adjacent to an activating group) is 1. The van der Waals surface area contributed by atoms with Crippen LogP contribution in [0.15, 0.2) is 0 Å². The molecule has 1 aliphatic carbocycles. The molecule has 1 aliphatic heterocycles. The summed E-state index contributed by atoms with van der Waals surface area (Å²) < 4.78 is 21.8. The quantitative estimate of drug-likeness (QED) is 0.0256. The highest BCUT2D eigenvalue weighted by Gasteiger charge is 2.43. The van der Waals surface area contributed by atoms with Crippen molar-refractivity contribution in [1.29, 1.82) is 0 Å². The van der Waals surface area contributed by atoms with Crippen molar-refractivity contribution in [2.75, 3.05) is 106 Å². The molecule has 0 bridgehead atoms. The Morgan fingerprint density at radius 3 is 1.61 bits per heavy atom. The molecular formula is C63H117N17O18. The number of aliphatic hydroxyl groups excluding tert-OH is 2. The zero-order valence-electron chi connectivity index (χ0n) is 58.3. The van der Waals surface area contributed by atoms with Gasteiger partial charge in [0.15, 0.2) is 0 Å². The Bertz CT molecular complexity index is 2480. The Morgan fingerprint density at radius 2 is 1.08 bits per heavy atom. The van der Waals surface area contributed by atoms with E-state index in [4.69, 9.17) is 47.6 Å². The molecule has 2 fully saturated rings. The van der Waals surface area contributed by atoms with Crippen LogP contribution in [0.5, 0.6) is 0 Å². The monoisotopic (exact) mass is 1400 g/mol. The number of nitrogens with zero attached hydrogens (tertiary/aromatic N) is 1. The van der Waals surface area contributed by atoms with E-state index in [-0.39, 0.29) is 123 Å². The molecule has 0 aromatic carbocycles. The minimum atomic E-state index is -1.79. The molecule has 1 saturated carbocycles. The van der Waals surface area contributed by atoms with E-state index in [2.05, 4.69) is 58.5 Å². The minimum Gasteiger partial charge on any atom is -0.391 e. The zero-order valence-corrected chi connectivity index (χ0v) is 58.3. The van der Waals surface area contributed by atoms with Gasteiger partial charge in [0, 0.05) is 26.6 Å². The number of nitrogens with two attached hydrogens (primary N) is 5. The number of ether oxygens (including phenoxy) is 4. The van der Waals surface area contributed by atoms with Gasteiger partial charge in [0.25, 0.3) is 0 Å². The van der Waals surface area contributed by atoms with E-state index >= 15 is 0 Å². The van der Waals surface area contributed by atoms with Crippen LogP contribution in [0, 0.1) is 5.92 Å². The van der Waals surface area contributed by atoms with E-state index in [9.17, 15) is 67.7 Å². The van der Waals surface area contributed by atoms with Crippen molar-refractivity contribution in [3.8, 4) is 0 Å². The van der Waals surface area contributed by atoms with Gasteiger partial charge in [-0.2, -0.15) is 0 Å². The molecule has 98 heavy (non-hydrogen) atoms. The number of nitrogens with one attached hydrogen (secondary N) is 11. The van der Waals surface area contributed by atoms with Crippen LogP contribution in [0.2, 0.25) is 0 Å². The Balaban J connectivity index is 2.54. The van der Waals surface area contributed by atoms with Crippen LogP contribution >= 0.6 is 0 Å². The van der Waals surface area contributed by atoms with Crippen molar-refractivity contribution in [1.82, 2.24) is 63.4 Å². The topological polar surface area (TPSA) is 548 Å². The molecule has 0 aromatic heterocycles. The third kappa shape index (κ3) is 32.0. The summed E-state index contributed by atoms with van der Waals surface area (Å²) in [4.78, 5) is 170. The lowest BCUT2D eigenvalue weighted by Gasteiger charge is -2.36. The number of hydrogen-bond donors (Lipinski definition) is 18. The maximum Gasteiger partial charge on any atom is 0.246 e. The fourth-order valence-electron chi connectivity index (χ4n) is 11.0. The van der Waals surface area contributed by atoms with Gasteiger partial charge in [0.05, 0.1) is 65.0 Å². The highest BCUT2D eigenvalue weighted by molar-refractivity contribution is 5.99. The predicted molar refractivity (Wildman–Crippen MR) is 360 cm³/mol. The number of carbonyl (C=O) groups is 12. The summed E-state index contributed by atoms with van der Waals surface area (Å²) in [6, 6.07) is -13.6. The van der Waals surface area contributed by atoms with Crippen molar-refractivity contribution in [3.05, 3.63) is 0 Å². The highest BCUT2D eigenvalue weighted by atomic mass is 16.6. The zero-order chi connectivity index (χ0) is 73.2. The molecule has 562 valence electrons. The maximum absolute atomic E-state index is 14.9. The van der Waals surface area contributed by atoms with Crippen LogP contribution in [-0.4, -0.2) is 264 Å². The lowest BCUT2D eigenvalue weighted by atomic mass is 9.82. The third-order valence-electron chi connectivity index (χ3n) is 16.5. The molecule has 0 aromatic rings. The van der Waals surface area contributed by atoms with Gasteiger partial charge < -0.3 is 121 Å². The average molecular weight is 1400 g/mol. The number of hydrogen-bond acceptors (Lipinski definition) is 23. The molecule has 11 atom stereocenters. The van der Waals surface area contributed by atoms with Crippen molar-refractivity contribution in [3.63, 3.8) is 0 Å². The first-order valence-electron chi connectivity index (χ1n) is 34.5. The SMILES string of the molecule is CCC[C@@H](O)[C@H](NC(=O)[C@H](CCN)NC(=O)C1(NC(=O)CCOCCOCCOCCOCC)CCCCCCC1)C(=O)N[C@@H](CCN)C(=O)N(C)[C@H]1CCNC(=O)[C@H]([C@@H](C)O)NC(=O)[C@H](CCN)NC(=O)[C@H](CCN)NC(=O)[C@H](CC(C)C)NC(=O)CNC(=O)[C@H](CCN)NC1=O. The second kappa shape index (κ2) is 48.9. The number of carbonyl (C=O) groups excluding carboxylic acids is 12. The van der Waals surface area contributed by atoms with Crippen LogP contribution in [0.3, 0.4) is 0 Å². The van der Waals surface area contributed by atoms with Crippen LogP contribution in [0.25, 0.3) is 0 Å². The van der Waals surface area contributed by atoms with Crippen molar-refractivity contribution in [2.24, 2.45) is 34.6 Å². The van der Waals surface area contributed by atoms with Gasteiger partial charge >= 0.3 is 0 Å². The Labute approximate surface area is 575 Å². The van der Waals surface area contributed by atoms with E-state index in [1.807, 2.05) is 6.92 Å². The van der Waals surface area contributed by atoms with Gasteiger partial charge in [-0.15, -0.1) is 0 Å². The normalized spacial score (nSPS) is 22.0. The van der Waals surface area contributed by atoms with E-state index in [0.717, 1.165) is 24.2 Å². The summed E-state index contributed by atoms with van der Waals surface area (Å²) in [7, 11) is 1.18. The van der Waals surface area contributed by atoms with E-state index in [1.54, 1.807) is 20.8 Å². The van der Waals surface area contributed by atoms with Crippen molar-refractivity contribution < 1.29 is 86.7 Å². The first-order chi connectivity index (χ1) is 46.8. The van der Waals surface area contributed by atoms with Crippen LogP contribution in [-0.2, 0) is 76.5 Å². The van der Waals surface area contributed by atoms with Gasteiger partial charge in [-0.25, -0.2) is 0 Å². The largest absolute Gasteiger partial charge is 0.391 e. The fourth-order valence-corrected chi connectivity index (χ4v) is 11.0. The molecule has 23 N–H and O–H groups in total. The smallest absolute Gasteiger partial charge is 0.246 e. The van der Waals surface area contributed by atoms with Crippen LogP contribution in [0.1, 0.15) is 144 Å². The lowest BCUT2D eigenvalue weighted by molar-refractivity contribution is -0.144. The molecule has 0 radical (unpaired) electrons. The molecular weight excluding hydrogens is 1280 g/mol. The number of rotatable bonds is 38. The molecule has 1 heterocycles. The molecule has 0 unspecified atom stereocenters. The lowest BCUT2D eigenvalue weighted by Crippen LogP contribution is -2.64. The van der Waals surface area contributed by atoms with Gasteiger partial charge in [0.1, 0.15) is 59.9 Å². The summed E-state index contributed by atoms with van der Waals surface area (Å²) in [6.45, 7) is 9.05. The van der Waals surface area contributed by atoms with Gasteiger partial charge in [-0.05, 0) is 117 Å². The fraction of sp³-hybridized carbons (Fsp3) is 0.810. The van der Waals surface area contributed by atoms with E-state index in [1.165, 1.54) is 14.0 Å². The Hall–Kier alpha value is -6.80. The second-order valence-corrected chi connectivity index (χ2v) is 24.9. The van der Waals surface area contributed by atoms with Crippen molar-refractivity contribution >= 4 is 70.9 Å². The molecule has 2 aliphatic rings. The number of aliphatic hydroxyl groups is 2. The average Bonchev–Trinajstić information content (AvgIpc) is 0.831. The van der Waals surface area contributed by atoms with Gasteiger partial charge in [0.2, 0.25) is 70.9 Å². The summed E-state index contributed by atoms with van der Waals surface area (Å²) in [5, 5.41) is 50.8. The third-order valence-corrected chi connectivity index (χ3v) is 16.5. The minimum absolute atomic E-state index is 0.0292. The van der Waals surface area contributed by atoms with Crippen LogP contribution < -0.4 is 87.2 Å². The van der Waals surface area contributed by atoms with Gasteiger partial charge in [-0.3, -0.25) is 57.5 Å². The van der Waals surface area contributed by atoms with Gasteiger partial charge in [-0.1, -0.05) is 59.3 Å². The molecule has 0 spiro atoms. The molecule has 35 nitrogen and oxygen atoms in total. The summed E-state index contributed by atoms with van der Waals surface area (Å²) in [6.07, 6.45) is -0.245. The molecule has 12 amide bonds. The highest BCUT2D eigenvalue weighted by Crippen LogP contribution is 2.28. The summed E-state index contributed by atoms with van der Waals surface area (Å²) in [5.74, 6) is -10.7. The second-order valence-electron chi connectivity index (χ2n) is 24.9. The Kier molecular flexibility index (Phi) is 43.5. The van der Waals surface area contributed by atoms with E-state index in [0.29, 0.717) is 52.3 Å². The predicted octanol–water partition coefficient (Wildman–Crippen LogP) is -6.26. The summed E-state index contributed by atoms with van der Waals surface area (Å²) in [5.41, 5.74) is 28.1. The maximum atomic E-state index is 14.9. The molecule has 35 heteroatoms. The molecule has 2 rings (SSSR count).